The second kappa shape index (κ2) is 6.55. The predicted molar refractivity (Wildman–Crippen MR) is 94.4 cm³/mol. The molecule has 1 aromatic heterocycles. The topological polar surface area (TPSA) is 59.8 Å². The van der Waals surface area contributed by atoms with Crippen LogP contribution in [-0.2, 0) is 9.47 Å². The van der Waals surface area contributed by atoms with Gasteiger partial charge in [0.15, 0.2) is 0 Å². The molecule has 0 N–H and O–H groups in total. The molecule has 0 bridgehead atoms. The molecule has 2 fully saturated rings. The van der Waals surface area contributed by atoms with Crippen molar-refractivity contribution in [3.63, 3.8) is 0 Å². The molecule has 0 unspecified atom stereocenters. The second-order valence-electron chi connectivity index (χ2n) is 7.42. The Morgan fingerprint density at radius 1 is 1.38 bits per heavy atom. The summed E-state index contributed by atoms with van der Waals surface area (Å²) in [5.41, 5.74) is -0.469. The fourth-order valence-corrected chi connectivity index (χ4v) is 3.50. The van der Waals surface area contributed by atoms with Crippen molar-refractivity contribution in [2.45, 2.75) is 45.4 Å². The van der Waals surface area contributed by atoms with Gasteiger partial charge in [-0.15, -0.1) is 0 Å². The number of halogens is 1. The van der Waals surface area contributed by atoms with Gasteiger partial charge in [-0.25, -0.2) is 9.48 Å². The molecule has 2 aliphatic heterocycles. The van der Waals surface area contributed by atoms with Crippen LogP contribution in [0.25, 0.3) is 0 Å². The van der Waals surface area contributed by atoms with Gasteiger partial charge in [0.25, 0.3) is 0 Å². The van der Waals surface area contributed by atoms with E-state index in [4.69, 9.17) is 9.47 Å². The summed E-state index contributed by atoms with van der Waals surface area (Å²) in [7, 11) is 0. The first kappa shape index (κ1) is 17.5. The molecule has 1 aromatic rings. The average molecular weight is 401 g/mol. The fraction of sp³-hybridized carbons (Fsp3) is 0.750. The maximum Gasteiger partial charge on any atom is 0.410 e. The first-order valence-electron chi connectivity index (χ1n) is 8.31. The zero-order valence-corrected chi connectivity index (χ0v) is 16.2. The largest absolute Gasteiger partial charge is 0.444 e. The van der Waals surface area contributed by atoms with E-state index in [2.05, 4.69) is 32.9 Å². The number of anilines is 1. The zero-order chi connectivity index (χ0) is 17.5. The summed E-state index contributed by atoms with van der Waals surface area (Å²) < 4.78 is 13.8. The summed E-state index contributed by atoms with van der Waals surface area (Å²) in [5, 5.41) is 4.49. The highest BCUT2D eigenvalue weighted by Gasteiger charge is 2.34. The first-order chi connectivity index (χ1) is 11.3. The summed E-state index contributed by atoms with van der Waals surface area (Å²) in [6, 6.07) is 0.474. The summed E-state index contributed by atoms with van der Waals surface area (Å²) in [6.07, 6.45) is 1.59. The minimum absolute atomic E-state index is 0.180. The molecule has 1 amide bonds. The van der Waals surface area contributed by atoms with Crippen LogP contribution < -0.4 is 4.90 Å². The van der Waals surface area contributed by atoms with Crippen LogP contribution in [0.2, 0.25) is 0 Å². The van der Waals surface area contributed by atoms with E-state index >= 15 is 0 Å². The molecule has 0 radical (unpaired) electrons. The van der Waals surface area contributed by atoms with Gasteiger partial charge in [-0.3, -0.25) is 0 Å². The number of amides is 1. The van der Waals surface area contributed by atoms with Gasteiger partial charge in [0, 0.05) is 25.7 Å². The minimum atomic E-state index is -0.469. The van der Waals surface area contributed by atoms with E-state index < -0.39 is 5.60 Å². The van der Waals surface area contributed by atoms with E-state index in [1.165, 1.54) is 0 Å². The van der Waals surface area contributed by atoms with Crippen molar-refractivity contribution in [2.24, 2.45) is 0 Å². The van der Waals surface area contributed by atoms with E-state index in [-0.39, 0.29) is 12.1 Å². The van der Waals surface area contributed by atoms with Crippen molar-refractivity contribution < 1.29 is 14.3 Å². The standard InChI is InChI=1S/C16H25BrN4O3/c1-11-8-19(15(22)24-16(2,3)4)5-6-20(11)14-13(17)7-18-21(14)12-9-23-10-12/h7,11-12H,5-6,8-10H2,1-4H3/t11-/m1/s1. The highest BCUT2D eigenvalue weighted by atomic mass is 79.9. The lowest BCUT2D eigenvalue weighted by molar-refractivity contribution is -0.0282. The third-order valence-electron chi connectivity index (χ3n) is 4.24. The molecule has 134 valence electrons. The number of hydrogen-bond acceptors (Lipinski definition) is 5. The van der Waals surface area contributed by atoms with Crippen LogP contribution in [0.1, 0.15) is 33.7 Å². The van der Waals surface area contributed by atoms with E-state index in [9.17, 15) is 4.79 Å². The Kier molecular flexibility index (Phi) is 4.79. The number of aromatic nitrogens is 2. The molecule has 0 aliphatic carbocycles. The molecule has 1 atom stereocenters. The maximum absolute atomic E-state index is 12.3. The molecule has 8 heteroatoms. The van der Waals surface area contributed by atoms with Crippen molar-refractivity contribution in [3.05, 3.63) is 10.7 Å². The molecule has 0 aromatic carbocycles. The predicted octanol–water partition coefficient (Wildman–Crippen LogP) is 2.66. The normalized spacial score (nSPS) is 22.5. The van der Waals surface area contributed by atoms with Crippen LogP contribution in [0, 0.1) is 0 Å². The Morgan fingerprint density at radius 2 is 2.08 bits per heavy atom. The van der Waals surface area contributed by atoms with Crippen LogP contribution in [0.5, 0.6) is 0 Å². The molecule has 2 saturated heterocycles. The van der Waals surface area contributed by atoms with Crippen molar-refractivity contribution in [1.82, 2.24) is 14.7 Å². The Balaban J connectivity index is 1.70. The summed E-state index contributed by atoms with van der Waals surface area (Å²) in [4.78, 5) is 16.4. The van der Waals surface area contributed by atoms with Gasteiger partial charge in [-0.2, -0.15) is 5.10 Å². The van der Waals surface area contributed by atoms with Crippen LogP contribution in [0.3, 0.4) is 0 Å². The minimum Gasteiger partial charge on any atom is -0.444 e. The first-order valence-corrected chi connectivity index (χ1v) is 9.11. The average Bonchev–Trinajstić information content (AvgIpc) is 2.77. The Morgan fingerprint density at radius 3 is 2.62 bits per heavy atom. The smallest absolute Gasteiger partial charge is 0.410 e. The molecular weight excluding hydrogens is 376 g/mol. The van der Waals surface area contributed by atoms with Gasteiger partial charge in [0.2, 0.25) is 0 Å². The molecule has 24 heavy (non-hydrogen) atoms. The van der Waals surface area contributed by atoms with Crippen LogP contribution in [-0.4, -0.2) is 65.3 Å². The lowest BCUT2D eigenvalue weighted by Crippen LogP contribution is -2.55. The lowest BCUT2D eigenvalue weighted by Gasteiger charge is -2.42. The molecule has 3 rings (SSSR count). The van der Waals surface area contributed by atoms with Crippen LogP contribution in [0.15, 0.2) is 10.7 Å². The lowest BCUT2D eigenvalue weighted by atomic mass is 10.2. The van der Waals surface area contributed by atoms with E-state index in [0.29, 0.717) is 32.3 Å². The summed E-state index contributed by atoms with van der Waals surface area (Å²) >= 11 is 3.61. The molecular formula is C16H25BrN4O3. The third kappa shape index (κ3) is 3.54. The van der Waals surface area contributed by atoms with Crippen molar-refractivity contribution in [2.75, 3.05) is 37.7 Å². The highest BCUT2D eigenvalue weighted by molar-refractivity contribution is 9.10. The van der Waals surface area contributed by atoms with Gasteiger partial charge in [-0.1, -0.05) is 0 Å². The number of carbonyl (C=O) groups excluding carboxylic acids is 1. The fourth-order valence-electron chi connectivity index (χ4n) is 3.00. The molecule has 2 aliphatic rings. The molecule has 0 saturated carbocycles. The summed E-state index contributed by atoms with van der Waals surface area (Å²) in [5.74, 6) is 1.07. The summed E-state index contributed by atoms with van der Waals surface area (Å²) in [6.45, 7) is 11.2. The van der Waals surface area contributed by atoms with E-state index in [0.717, 1.165) is 16.8 Å². The Hall–Kier alpha value is -1.28. The number of ether oxygens (including phenoxy) is 2. The van der Waals surface area contributed by atoms with E-state index in [1.54, 1.807) is 4.90 Å². The van der Waals surface area contributed by atoms with Crippen LogP contribution >= 0.6 is 15.9 Å². The molecule has 7 nitrogen and oxygen atoms in total. The monoisotopic (exact) mass is 400 g/mol. The SMILES string of the molecule is C[C@@H]1CN(C(=O)OC(C)(C)C)CCN1c1c(Br)cnn1C1COC1. The number of rotatable bonds is 2. The number of piperazine rings is 1. The highest BCUT2D eigenvalue weighted by Crippen LogP contribution is 2.33. The second-order valence-corrected chi connectivity index (χ2v) is 8.28. The quantitative estimate of drug-likeness (QED) is 0.763. The number of nitrogens with zero attached hydrogens (tertiary/aromatic N) is 4. The van der Waals surface area contributed by atoms with Gasteiger partial charge in [-0.05, 0) is 43.6 Å². The molecule has 0 spiro atoms. The van der Waals surface area contributed by atoms with Crippen molar-refractivity contribution in [1.29, 1.82) is 0 Å². The van der Waals surface area contributed by atoms with Gasteiger partial charge in [0.05, 0.1) is 23.9 Å². The third-order valence-corrected chi connectivity index (χ3v) is 4.80. The van der Waals surface area contributed by atoms with Crippen molar-refractivity contribution in [3.8, 4) is 0 Å². The van der Waals surface area contributed by atoms with Gasteiger partial charge < -0.3 is 19.3 Å². The maximum atomic E-state index is 12.3. The Labute approximate surface area is 151 Å². The van der Waals surface area contributed by atoms with E-state index in [1.807, 2.05) is 31.6 Å². The number of carbonyl (C=O) groups is 1. The van der Waals surface area contributed by atoms with Crippen LogP contribution in [0.4, 0.5) is 10.6 Å². The zero-order valence-electron chi connectivity index (χ0n) is 14.7. The van der Waals surface area contributed by atoms with Crippen molar-refractivity contribution >= 4 is 27.8 Å². The van der Waals surface area contributed by atoms with Gasteiger partial charge in [0.1, 0.15) is 17.5 Å². The van der Waals surface area contributed by atoms with Gasteiger partial charge >= 0.3 is 6.09 Å². The molecule has 3 heterocycles. The number of hydrogen-bond donors (Lipinski definition) is 0. The Bertz CT molecular complexity index is 609.